The number of nitrogens with zero attached hydrogens (tertiary/aromatic N) is 2. The molecule has 0 fully saturated rings. The normalized spacial score (nSPS) is 11.7. The van der Waals surface area contributed by atoms with Crippen LogP contribution in [0.15, 0.2) is 112 Å². The number of carbonyl (C=O) groups is 1. The maximum Gasteiger partial charge on any atom is 0.260 e. The highest BCUT2D eigenvalue weighted by atomic mass is 79.9. The third-order valence-corrected chi connectivity index (χ3v) is 6.10. The van der Waals surface area contributed by atoms with Crippen LogP contribution in [0.3, 0.4) is 0 Å². The summed E-state index contributed by atoms with van der Waals surface area (Å²) in [7, 11) is 0. The lowest BCUT2D eigenvalue weighted by Crippen LogP contribution is -2.37. The Hall–Kier alpha value is -2.76. The number of halogens is 2. The summed E-state index contributed by atoms with van der Waals surface area (Å²) in [4.78, 5) is 20.1. The van der Waals surface area contributed by atoms with Crippen LogP contribution in [0.25, 0.3) is 0 Å². The first-order valence-electron chi connectivity index (χ1n) is 9.91. The second-order valence-electron chi connectivity index (χ2n) is 7.13. The Labute approximate surface area is 199 Å². The van der Waals surface area contributed by atoms with Gasteiger partial charge in [0.25, 0.3) is 5.91 Å². The first-order chi connectivity index (χ1) is 15.1. The van der Waals surface area contributed by atoms with Crippen molar-refractivity contribution in [2.24, 2.45) is 0 Å². The van der Waals surface area contributed by atoms with Crippen molar-refractivity contribution in [1.82, 2.24) is 4.98 Å². The third-order valence-electron chi connectivity index (χ3n) is 5.04. The number of carbonyl (C=O) groups excluding carboxylic acids is 1. The van der Waals surface area contributed by atoms with Crippen molar-refractivity contribution in [3.63, 3.8) is 0 Å². The number of amides is 1. The average Bonchev–Trinajstić information content (AvgIpc) is 2.81. The smallest absolute Gasteiger partial charge is 0.260 e. The van der Waals surface area contributed by atoms with Gasteiger partial charge >= 0.3 is 0 Å². The third kappa shape index (κ3) is 5.30. The minimum Gasteiger partial charge on any atom is -0.285 e. The number of aromatic nitrogens is 1. The maximum atomic E-state index is 13.8. The minimum atomic E-state index is -0.221. The van der Waals surface area contributed by atoms with Crippen LogP contribution in [-0.4, -0.2) is 10.9 Å². The molecular formula is C26H20Br2N2O. The van der Waals surface area contributed by atoms with E-state index in [1.54, 1.807) is 11.1 Å². The highest BCUT2D eigenvalue weighted by molar-refractivity contribution is 9.10. The zero-order valence-electron chi connectivity index (χ0n) is 16.7. The molecule has 1 unspecified atom stereocenters. The fourth-order valence-electron chi connectivity index (χ4n) is 3.51. The average molecular weight is 536 g/mol. The van der Waals surface area contributed by atoms with Gasteiger partial charge in [0.15, 0.2) is 0 Å². The molecule has 4 aromatic rings. The molecule has 0 saturated heterocycles. The molecule has 3 aromatic carbocycles. The van der Waals surface area contributed by atoms with Crippen molar-refractivity contribution < 1.29 is 4.79 Å². The van der Waals surface area contributed by atoms with E-state index in [1.165, 1.54) is 0 Å². The second kappa shape index (κ2) is 10.0. The van der Waals surface area contributed by atoms with Gasteiger partial charge in [0, 0.05) is 20.7 Å². The SMILES string of the molecule is O=C(c1ccc(Br)cc1)N(c1ccccn1)C(Cc1ccccc1)c1ccc(Br)cc1. The Morgan fingerprint density at radius 1 is 0.774 bits per heavy atom. The molecule has 0 aliphatic heterocycles. The molecule has 1 aromatic heterocycles. The van der Waals surface area contributed by atoms with Crippen LogP contribution in [0.2, 0.25) is 0 Å². The van der Waals surface area contributed by atoms with Crippen molar-refractivity contribution in [2.75, 3.05) is 4.90 Å². The molecule has 0 aliphatic carbocycles. The van der Waals surface area contributed by atoms with Gasteiger partial charge in [0.2, 0.25) is 0 Å². The summed E-state index contributed by atoms with van der Waals surface area (Å²) in [5.74, 6) is 0.536. The number of anilines is 1. The molecule has 0 radical (unpaired) electrons. The van der Waals surface area contributed by atoms with Crippen LogP contribution in [0, 0.1) is 0 Å². The second-order valence-corrected chi connectivity index (χ2v) is 8.96. The summed E-state index contributed by atoms with van der Waals surface area (Å²) in [5.41, 5.74) is 2.81. The van der Waals surface area contributed by atoms with Gasteiger partial charge in [-0.3, -0.25) is 9.69 Å². The van der Waals surface area contributed by atoms with Gasteiger partial charge in [0.05, 0.1) is 6.04 Å². The predicted molar refractivity (Wildman–Crippen MR) is 132 cm³/mol. The van der Waals surface area contributed by atoms with Crippen molar-refractivity contribution in [1.29, 1.82) is 0 Å². The van der Waals surface area contributed by atoms with E-state index >= 15 is 0 Å². The molecule has 1 heterocycles. The molecule has 0 N–H and O–H groups in total. The van der Waals surface area contributed by atoms with Crippen molar-refractivity contribution in [3.8, 4) is 0 Å². The van der Waals surface area contributed by atoms with E-state index in [-0.39, 0.29) is 11.9 Å². The molecule has 1 atom stereocenters. The van der Waals surface area contributed by atoms with Crippen LogP contribution in [-0.2, 0) is 6.42 Å². The summed E-state index contributed by atoms with van der Waals surface area (Å²) in [6, 6.07) is 31.2. The highest BCUT2D eigenvalue weighted by Crippen LogP contribution is 2.32. The summed E-state index contributed by atoms with van der Waals surface area (Å²) >= 11 is 6.97. The van der Waals surface area contributed by atoms with E-state index in [0.29, 0.717) is 17.8 Å². The first-order valence-corrected chi connectivity index (χ1v) is 11.5. The van der Waals surface area contributed by atoms with E-state index in [2.05, 4.69) is 61.1 Å². The first kappa shape index (κ1) is 21.5. The van der Waals surface area contributed by atoms with Gasteiger partial charge in [-0.2, -0.15) is 0 Å². The fraction of sp³-hybridized carbons (Fsp3) is 0.0769. The Balaban J connectivity index is 1.83. The molecule has 0 saturated carbocycles. The Morgan fingerprint density at radius 3 is 2.00 bits per heavy atom. The van der Waals surface area contributed by atoms with Gasteiger partial charge in [-0.1, -0.05) is 80.4 Å². The molecule has 1 amide bonds. The lowest BCUT2D eigenvalue weighted by atomic mass is 9.96. The molecule has 0 bridgehead atoms. The van der Waals surface area contributed by atoms with Gasteiger partial charge in [-0.05, 0) is 66.1 Å². The molecule has 5 heteroatoms. The molecule has 0 spiro atoms. The molecule has 154 valence electrons. The van der Waals surface area contributed by atoms with Crippen LogP contribution in [0.4, 0.5) is 5.82 Å². The van der Waals surface area contributed by atoms with Gasteiger partial charge in [0.1, 0.15) is 5.82 Å². The van der Waals surface area contributed by atoms with Crippen molar-refractivity contribution >= 4 is 43.6 Å². The quantitative estimate of drug-likeness (QED) is 0.261. The maximum absolute atomic E-state index is 13.8. The van der Waals surface area contributed by atoms with E-state index in [4.69, 9.17) is 0 Å². The standard InChI is InChI=1S/C26H20Br2N2O/c27-22-13-9-20(10-14-22)24(18-19-6-2-1-3-7-19)30(25-8-4-5-17-29-25)26(31)21-11-15-23(28)16-12-21/h1-17,24H,18H2. The Kier molecular flexibility index (Phi) is 6.95. The predicted octanol–water partition coefficient (Wildman–Crippen LogP) is 7.24. The molecule has 4 rings (SSSR count). The van der Waals surface area contributed by atoms with E-state index in [0.717, 1.165) is 20.1 Å². The topological polar surface area (TPSA) is 33.2 Å². The minimum absolute atomic E-state index is 0.0879. The zero-order valence-corrected chi connectivity index (χ0v) is 19.8. The number of hydrogen-bond acceptors (Lipinski definition) is 2. The number of pyridine rings is 1. The fourth-order valence-corrected chi connectivity index (χ4v) is 4.04. The number of hydrogen-bond donors (Lipinski definition) is 0. The van der Waals surface area contributed by atoms with Crippen molar-refractivity contribution in [3.05, 3.63) is 129 Å². The van der Waals surface area contributed by atoms with E-state index in [9.17, 15) is 4.79 Å². The Bertz CT molecular complexity index is 1130. The lowest BCUT2D eigenvalue weighted by molar-refractivity contribution is 0.0975. The summed E-state index contributed by atoms with van der Waals surface area (Å²) in [5, 5.41) is 0. The number of rotatable bonds is 6. The largest absolute Gasteiger partial charge is 0.285 e. The van der Waals surface area contributed by atoms with Crippen LogP contribution in [0.1, 0.15) is 27.5 Å². The molecule has 3 nitrogen and oxygen atoms in total. The molecule has 0 aliphatic rings. The van der Waals surface area contributed by atoms with Crippen LogP contribution >= 0.6 is 31.9 Å². The Morgan fingerprint density at radius 2 is 1.39 bits per heavy atom. The summed E-state index contributed by atoms with van der Waals surface area (Å²) in [6.07, 6.45) is 2.39. The number of benzene rings is 3. The summed E-state index contributed by atoms with van der Waals surface area (Å²) in [6.45, 7) is 0. The summed E-state index contributed by atoms with van der Waals surface area (Å²) < 4.78 is 1.93. The van der Waals surface area contributed by atoms with E-state index in [1.807, 2.05) is 72.8 Å². The van der Waals surface area contributed by atoms with Crippen LogP contribution in [0.5, 0.6) is 0 Å². The molecule has 31 heavy (non-hydrogen) atoms. The van der Waals surface area contributed by atoms with Gasteiger partial charge in [-0.15, -0.1) is 0 Å². The lowest BCUT2D eigenvalue weighted by Gasteiger charge is -2.32. The highest BCUT2D eigenvalue weighted by Gasteiger charge is 2.29. The van der Waals surface area contributed by atoms with Gasteiger partial charge < -0.3 is 0 Å². The monoisotopic (exact) mass is 534 g/mol. The van der Waals surface area contributed by atoms with Crippen molar-refractivity contribution in [2.45, 2.75) is 12.5 Å². The van der Waals surface area contributed by atoms with Crippen LogP contribution < -0.4 is 4.90 Å². The zero-order chi connectivity index (χ0) is 21.6. The molecular weight excluding hydrogens is 516 g/mol. The van der Waals surface area contributed by atoms with Gasteiger partial charge in [-0.25, -0.2) is 4.98 Å². The van der Waals surface area contributed by atoms with E-state index < -0.39 is 0 Å².